The van der Waals surface area contributed by atoms with E-state index in [-0.39, 0.29) is 5.91 Å². The number of fused-ring (bicyclic) bond motifs is 1. The van der Waals surface area contributed by atoms with E-state index in [1.54, 1.807) is 12.4 Å². The number of nitrogens with zero attached hydrogens (tertiary/aromatic N) is 2. The van der Waals surface area contributed by atoms with Crippen LogP contribution in [0.1, 0.15) is 6.92 Å². The molecule has 2 aromatic heterocycles. The Morgan fingerprint density at radius 2 is 1.88 bits per heavy atom. The molecule has 25 heavy (non-hydrogen) atoms. The molecule has 2 heterocycles. The largest absolute Gasteiger partial charge is 0.324 e. The third-order valence-corrected chi connectivity index (χ3v) is 4.07. The Bertz CT molecular complexity index is 1050. The van der Waals surface area contributed by atoms with Gasteiger partial charge in [-0.2, -0.15) is 5.10 Å². The summed E-state index contributed by atoms with van der Waals surface area (Å²) in [6.07, 6.45) is 3.47. The third kappa shape index (κ3) is 2.87. The molecule has 0 unspecified atom stereocenters. The Kier molecular flexibility index (Phi) is 3.74. The number of aromatic nitrogens is 3. The number of aromatic amines is 1. The smallest absolute Gasteiger partial charge is 0.221 e. The van der Waals surface area contributed by atoms with E-state index in [2.05, 4.69) is 32.6 Å². The lowest BCUT2D eigenvalue weighted by atomic mass is 9.97. The lowest BCUT2D eigenvalue weighted by Gasteiger charge is -2.12. The van der Waals surface area contributed by atoms with Gasteiger partial charge in [0.05, 0.1) is 16.9 Å². The molecule has 0 saturated carbocycles. The van der Waals surface area contributed by atoms with Crippen LogP contribution in [0, 0.1) is 0 Å². The summed E-state index contributed by atoms with van der Waals surface area (Å²) in [6, 6.07) is 18.0. The first-order chi connectivity index (χ1) is 12.2. The predicted molar refractivity (Wildman–Crippen MR) is 99.1 cm³/mol. The van der Waals surface area contributed by atoms with Crippen molar-refractivity contribution in [2.24, 2.45) is 0 Å². The fourth-order valence-electron chi connectivity index (χ4n) is 2.99. The van der Waals surface area contributed by atoms with E-state index in [0.717, 1.165) is 39.0 Å². The monoisotopic (exact) mass is 328 g/mol. The van der Waals surface area contributed by atoms with Gasteiger partial charge < -0.3 is 5.32 Å². The highest BCUT2D eigenvalue weighted by atomic mass is 16.1. The summed E-state index contributed by atoms with van der Waals surface area (Å²) < 4.78 is 0. The van der Waals surface area contributed by atoms with E-state index in [1.165, 1.54) is 6.92 Å². The number of hydrogen-bond donors (Lipinski definition) is 2. The number of carbonyl (C=O) groups excluding carboxylic acids is 1. The Morgan fingerprint density at radius 1 is 1.00 bits per heavy atom. The lowest BCUT2D eigenvalue weighted by molar-refractivity contribution is -0.114. The second kappa shape index (κ2) is 6.20. The van der Waals surface area contributed by atoms with Gasteiger partial charge in [0.1, 0.15) is 0 Å². The highest BCUT2D eigenvalue weighted by molar-refractivity contribution is 6.05. The molecule has 0 aliphatic rings. The normalized spacial score (nSPS) is 10.8. The van der Waals surface area contributed by atoms with Crippen LogP contribution in [0.5, 0.6) is 0 Å². The fourth-order valence-corrected chi connectivity index (χ4v) is 2.99. The number of nitrogens with one attached hydrogen (secondary N) is 2. The number of benzene rings is 2. The maximum atomic E-state index is 11.4. The van der Waals surface area contributed by atoms with E-state index in [4.69, 9.17) is 0 Å². The number of carbonyl (C=O) groups is 1. The summed E-state index contributed by atoms with van der Waals surface area (Å²) in [5, 5.41) is 10.8. The Hall–Kier alpha value is -3.47. The van der Waals surface area contributed by atoms with E-state index in [1.807, 2.05) is 42.5 Å². The summed E-state index contributed by atoms with van der Waals surface area (Å²) in [6.45, 7) is 1.50. The predicted octanol–water partition coefficient (Wildman–Crippen LogP) is 4.25. The van der Waals surface area contributed by atoms with Crippen LogP contribution in [-0.4, -0.2) is 21.1 Å². The Morgan fingerprint density at radius 3 is 2.68 bits per heavy atom. The Balaban J connectivity index is 1.88. The summed E-state index contributed by atoms with van der Waals surface area (Å²) >= 11 is 0. The average molecular weight is 328 g/mol. The van der Waals surface area contributed by atoms with Crippen molar-refractivity contribution >= 4 is 22.5 Å². The molecule has 1 amide bonds. The number of H-pyrrole nitrogens is 1. The van der Waals surface area contributed by atoms with Crippen LogP contribution in [0.2, 0.25) is 0 Å². The molecule has 0 bridgehead atoms. The first kappa shape index (κ1) is 15.1. The van der Waals surface area contributed by atoms with Gasteiger partial charge in [-0.3, -0.25) is 14.9 Å². The van der Waals surface area contributed by atoms with Gasteiger partial charge in [0.15, 0.2) is 0 Å². The van der Waals surface area contributed by atoms with Crippen molar-refractivity contribution in [2.45, 2.75) is 6.92 Å². The molecule has 4 rings (SSSR count). The molecule has 0 saturated heterocycles. The lowest BCUT2D eigenvalue weighted by Crippen LogP contribution is -2.06. The molecule has 122 valence electrons. The van der Waals surface area contributed by atoms with Crippen molar-refractivity contribution in [3.63, 3.8) is 0 Å². The molecule has 0 spiro atoms. The number of pyridine rings is 1. The molecule has 2 aromatic carbocycles. The minimum atomic E-state index is -0.110. The zero-order valence-electron chi connectivity index (χ0n) is 13.7. The molecular formula is C20H16N4O. The standard InChI is InChI=1S/C20H16N4O/c1-13(25)23-19-8-7-16(17-6-3-10-21-20(17)19)14-4-2-5-15(12-14)18-9-11-22-24-18/h2-12H,1H3,(H,22,24)(H,23,25). The van der Waals surface area contributed by atoms with Crippen LogP contribution >= 0.6 is 0 Å². The number of anilines is 1. The fraction of sp³-hybridized carbons (Fsp3) is 0.0500. The van der Waals surface area contributed by atoms with Gasteiger partial charge in [-0.25, -0.2) is 0 Å². The van der Waals surface area contributed by atoms with Crippen LogP contribution in [0.4, 0.5) is 5.69 Å². The summed E-state index contributed by atoms with van der Waals surface area (Å²) in [4.78, 5) is 15.9. The second-order valence-electron chi connectivity index (χ2n) is 5.79. The van der Waals surface area contributed by atoms with Gasteiger partial charge >= 0.3 is 0 Å². The van der Waals surface area contributed by atoms with E-state index in [9.17, 15) is 4.79 Å². The van der Waals surface area contributed by atoms with Crippen LogP contribution in [-0.2, 0) is 4.79 Å². The van der Waals surface area contributed by atoms with Crippen LogP contribution in [0.25, 0.3) is 33.3 Å². The summed E-state index contributed by atoms with van der Waals surface area (Å²) in [5.74, 6) is -0.110. The van der Waals surface area contributed by atoms with Gasteiger partial charge in [0.25, 0.3) is 0 Å². The summed E-state index contributed by atoms with van der Waals surface area (Å²) in [5.41, 5.74) is 5.69. The molecule has 5 heteroatoms. The maximum Gasteiger partial charge on any atom is 0.221 e. The second-order valence-corrected chi connectivity index (χ2v) is 5.79. The highest BCUT2D eigenvalue weighted by Gasteiger charge is 2.10. The maximum absolute atomic E-state index is 11.4. The molecule has 0 aliphatic carbocycles. The first-order valence-electron chi connectivity index (χ1n) is 7.98. The topological polar surface area (TPSA) is 70.7 Å². The molecule has 0 radical (unpaired) electrons. The number of rotatable bonds is 3. The molecule has 0 atom stereocenters. The zero-order valence-corrected chi connectivity index (χ0v) is 13.7. The minimum absolute atomic E-state index is 0.110. The molecule has 2 N–H and O–H groups in total. The van der Waals surface area contributed by atoms with Crippen LogP contribution in [0.3, 0.4) is 0 Å². The van der Waals surface area contributed by atoms with E-state index >= 15 is 0 Å². The van der Waals surface area contributed by atoms with Crippen molar-refractivity contribution < 1.29 is 4.79 Å². The first-order valence-corrected chi connectivity index (χ1v) is 7.98. The quantitative estimate of drug-likeness (QED) is 0.590. The SMILES string of the molecule is CC(=O)Nc1ccc(-c2cccc(-c3ccn[nH]3)c2)c2cccnc12. The molecule has 0 aliphatic heterocycles. The number of hydrogen-bond acceptors (Lipinski definition) is 3. The molecule has 4 aromatic rings. The molecule has 5 nitrogen and oxygen atoms in total. The van der Waals surface area contributed by atoms with Crippen molar-refractivity contribution in [3.05, 3.63) is 67.0 Å². The van der Waals surface area contributed by atoms with Gasteiger partial charge in [0.2, 0.25) is 5.91 Å². The zero-order chi connectivity index (χ0) is 17.2. The third-order valence-electron chi connectivity index (χ3n) is 4.07. The van der Waals surface area contributed by atoms with E-state index < -0.39 is 0 Å². The molecule has 0 fully saturated rings. The Labute approximate surface area is 144 Å². The van der Waals surface area contributed by atoms with Crippen LogP contribution in [0.15, 0.2) is 67.0 Å². The van der Waals surface area contributed by atoms with Crippen molar-refractivity contribution in [2.75, 3.05) is 5.32 Å². The minimum Gasteiger partial charge on any atom is -0.324 e. The van der Waals surface area contributed by atoms with Crippen molar-refractivity contribution in [1.82, 2.24) is 15.2 Å². The summed E-state index contributed by atoms with van der Waals surface area (Å²) in [7, 11) is 0. The van der Waals surface area contributed by atoms with Crippen LogP contribution < -0.4 is 5.32 Å². The van der Waals surface area contributed by atoms with Crippen molar-refractivity contribution in [3.8, 4) is 22.4 Å². The highest BCUT2D eigenvalue weighted by Crippen LogP contribution is 2.33. The van der Waals surface area contributed by atoms with Gasteiger partial charge in [0, 0.05) is 30.3 Å². The van der Waals surface area contributed by atoms with Gasteiger partial charge in [-0.05, 0) is 35.4 Å². The van der Waals surface area contributed by atoms with Gasteiger partial charge in [-0.15, -0.1) is 0 Å². The number of amides is 1. The molecular weight excluding hydrogens is 312 g/mol. The van der Waals surface area contributed by atoms with Gasteiger partial charge in [-0.1, -0.05) is 30.3 Å². The van der Waals surface area contributed by atoms with Crippen molar-refractivity contribution in [1.29, 1.82) is 0 Å². The average Bonchev–Trinajstić information content (AvgIpc) is 3.16. The van der Waals surface area contributed by atoms with E-state index in [0.29, 0.717) is 0 Å².